The zero-order valence-electron chi connectivity index (χ0n) is 5.59. The highest BCUT2D eigenvalue weighted by Crippen LogP contribution is 2.08. The van der Waals surface area contributed by atoms with Gasteiger partial charge in [-0.1, -0.05) is 42.5 Å². The largest absolute Gasteiger partial charge is 0.0955 e. The maximum Gasteiger partial charge on any atom is 0.0814 e. The third kappa shape index (κ3) is 2.10. The third-order valence-corrected chi connectivity index (χ3v) is 1.27. The van der Waals surface area contributed by atoms with Crippen molar-refractivity contribution in [3.05, 3.63) is 42.5 Å². The van der Waals surface area contributed by atoms with Crippen molar-refractivity contribution in [3.8, 4) is 0 Å². The summed E-state index contributed by atoms with van der Waals surface area (Å²) in [6, 6.07) is 10.2. The molecule has 0 aromatic heterocycles. The number of hydrogen-bond donors (Lipinski definition) is 0. The summed E-state index contributed by atoms with van der Waals surface area (Å²) in [5, 5.41) is 0. The summed E-state index contributed by atoms with van der Waals surface area (Å²) in [6.45, 7) is 5.83. The molecule has 1 aromatic carbocycles. The molecule has 1 aromatic rings. The predicted molar refractivity (Wildman–Crippen MR) is 51.1 cm³/mol. The SMILES string of the molecule is B.C=C(C)c1ccccc1. The maximum absolute atomic E-state index is 3.83. The van der Waals surface area contributed by atoms with Crippen LogP contribution in [0.5, 0.6) is 0 Å². The smallest absolute Gasteiger partial charge is 0.0814 e. The van der Waals surface area contributed by atoms with Gasteiger partial charge in [0.1, 0.15) is 0 Å². The minimum atomic E-state index is 0. The highest BCUT2D eigenvalue weighted by molar-refractivity contribution is 5.75. The van der Waals surface area contributed by atoms with Crippen LogP contribution < -0.4 is 0 Å². The summed E-state index contributed by atoms with van der Waals surface area (Å²) < 4.78 is 0. The van der Waals surface area contributed by atoms with Crippen molar-refractivity contribution in [1.82, 2.24) is 0 Å². The van der Waals surface area contributed by atoms with Crippen LogP contribution in [0.2, 0.25) is 0 Å². The van der Waals surface area contributed by atoms with Crippen LogP contribution in [0.25, 0.3) is 5.57 Å². The lowest BCUT2D eigenvalue weighted by Gasteiger charge is -1.94. The van der Waals surface area contributed by atoms with Gasteiger partial charge in [0, 0.05) is 0 Å². The van der Waals surface area contributed by atoms with Gasteiger partial charge in [0.2, 0.25) is 0 Å². The van der Waals surface area contributed by atoms with E-state index in [2.05, 4.69) is 18.7 Å². The Kier molecular flexibility index (Phi) is 3.56. The topological polar surface area (TPSA) is 0 Å². The molecule has 0 aliphatic carbocycles. The van der Waals surface area contributed by atoms with E-state index in [1.807, 2.05) is 25.1 Å². The predicted octanol–water partition coefficient (Wildman–Crippen LogP) is 1.54. The molecule has 1 heteroatoms. The van der Waals surface area contributed by atoms with Gasteiger partial charge < -0.3 is 0 Å². The van der Waals surface area contributed by atoms with Gasteiger partial charge in [0.25, 0.3) is 0 Å². The number of rotatable bonds is 1. The molecule has 0 fully saturated rings. The van der Waals surface area contributed by atoms with Crippen molar-refractivity contribution in [2.75, 3.05) is 0 Å². The molecule has 0 saturated carbocycles. The quantitative estimate of drug-likeness (QED) is 0.508. The first-order valence-corrected chi connectivity index (χ1v) is 3.01. The molecule has 1 rings (SSSR count). The van der Waals surface area contributed by atoms with Gasteiger partial charge in [-0.05, 0) is 12.5 Å². The van der Waals surface area contributed by atoms with E-state index in [0.717, 1.165) is 5.57 Å². The summed E-state index contributed by atoms with van der Waals surface area (Å²) in [7, 11) is 0. The third-order valence-electron chi connectivity index (χ3n) is 1.27. The van der Waals surface area contributed by atoms with Gasteiger partial charge in [0.05, 0.1) is 8.41 Å². The Morgan fingerprint density at radius 2 is 1.70 bits per heavy atom. The second kappa shape index (κ2) is 3.94. The molecule has 0 bridgehead atoms. The fourth-order valence-electron chi connectivity index (χ4n) is 0.723. The van der Waals surface area contributed by atoms with E-state index in [0.29, 0.717) is 0 Å². The molecule has 52 valence electrons. The van der Waals surface area contributed by atoms with Crippen LogP contribution in [-0.2, 0) is 0 Å². The summed E-state index contributed by atoms with van der Waals surface area (Å²) in [6.07, 6.45) is 0. The molecule has 0 spiro atoms. The molecule has 0 heterocycles. The molecule has 0 N–H and O–H groups in total. The van der Waals surface area contributed by atoms with E-state index in [4.69, 9.17) is 0 Å². The molecular weight excluding hydrogens is 119 g/mol. The van der Waals surface area contributed by atoms with Gasteiger partial charge in [-0.3, -0.25) is 0 Å². The Morgan fingerprint density at radius 3 is 2.00 bits per heavy atom. The van der Waals surface area contributed by atoms with Crippen LogP contribution in [-0.4, -0.2) is 8.41 Å². The fourth-order valence-corrected chi connectivity index (χ4v) is 0.723. The molecular formula is C9H13B. The molecule has 0 nitrogen and oxygen atoms in total. The second-order valence-electron chi connectivity index (χ2n) is 2.15. The standard InChI is InChI=1S/C9H10.BH3/c1-8(2)9-6-4-3-5-7-9;/h3-7H,1H2,2H3;1H3. The minimum absolute atomic E-state index is 0. The first kappa shape index (κ1) is 9.02. The summed E-state index contributed by atoms with van der Waals surface area (Å²) in [5.74, 6) is 0. The Bertz CT molecular complexity index is 201. The average Bonchev–Trinajstić information content (AvgIpc) is 1.90. The monoisotopic (exact) mass is 132 g/mol. The van der Waals surface area contributed by atoms with Crippen molar-refractivity contribution < 1.29 is 0 Å². The first-order chi connectivity index (χ1) is 4.30. The molecule has 10 heavy (non-hydrogen) atoms. The van der Waals surface area contributed by atoms with Crippen LogP contribution in [0.3, 0.4) is 0 Å². The van der Waals surface area contributed by atoms with Crippen LogP contribution in [0.1, 0.15) is 12.5 Å². The minimum Gasteiger partial charge on any atom is -0.0955 e. The highest BCUT2D eigenvalue weighted by atomic mass is 13.9. The Morgan fingerprint density at radius 1 is 1.20 bits per heavy atom. The van der Waals surface area contributed by atoms with Crippen molar-refractivity contribution in [2.45, 2.75) is 6.92 Å². The fraction of sp³-hybridized carbons (Fsp3) is 0.111. The summed E-state index contributed by atoms with van der Waals surface area (Å²) in [4.78, 5) is 0. The zero-order valence-corrected chi connectivity index (χ0v) is 5.59. The lowest BCUT2D eigenvalue weighted by Crippen LogP contribution is -1.72. The zero-order chi connectivity index (χ0) is 6.69. The Hall–Kier alpha value is -0.975. The lowest BCUT2D eigenvalue weighted by molar-refractivity contribution is 1.58. The van der Waals surface area contributed by atoms with Crippen LogP contribution in [0, 0.1) is 0 Å². The summed E-state index contributed by atoms with van der Waals surface area (Å²) >= 11 is 0. The second-order valence-corrected chi connectivity index (χ2v) is 2.15. The average molecular weight is 132 g/mol. The molecule has 0 aliphatic rings. The first-order valence-electron chi connectivity index (χ1n) is 3.01. The highest BCUT2D eigenvalue weighted by Gasteiger charge is 1.86. The number of hydrogen-bond acceptors (Lipinski definition) is 0. The molecule has 0 aliphatic heterocycles. The molecule has 0 atom stereocenters. The van der Waals surface area contributed by atoms with E-state index < -0.39 is 0 Å². The van der Waals surface area contributed by atoms with Gasteiger partial charge in [-0.15, -0.1) is 0 Å². The van der Waals surface area contributed by atoms with Crippen LogP contribution in [0.4, 0.5) is 0 Å². The number of allylic oxidation sites excluding steroid dienone is 1. The van der Waals surface area contributed by atoms with Crippen molar-refractivity contribution >= 4 is 14.0 Å². The van der Waals surface area contributed by atoms with E-state index in [-0.39, 0.29) is 8.41 Å². The van der Waals surface area contributed by atoms with E-state index in [9.17, 15) is 0 Å². The van der Waals surface area contributed by atoms with Crippen molar-refractivity contribution in [2.24, 2.45) is 0 Å². The van der Waals surface area contributed by atoms with E-state index in [1.165, 1.54) is 5.56 Å². The summed E-state index contributed by atoms with van der Waals surface area (Å²) in [5.41, 5.74) is 2.34. The van der Waals surface area contributed by atoms with Gasteiger partial charge in [0.15, 0.2) is 0 Å². The Labute approximate surface area is 64.2 Å². The van der Waals surface area contributed by atoms with Gasteiger partial charge in [-0.25, -0.2) is 0 Å². The molecule has 0 unspecified atom stereocenters. The van der Waals surface area contributed by atoms with E-state index >= 15 is 0 Å². The van der Waals surface area contributed by atoms with E-state index in [1.54, 1.807) is 0 Å². The molecule has 0 radical (unpaired) electrons. The number of benzene rings is 1. The van der Waals surface area contributed by atoms with Crippen molar-refractivity contribution in [1.29, 1.82) is 0 Å². The molecule has 0 amide bonds. The van der Waals surface area contributed by atoms with Crippen LogP contribution in [0.15, 0.2) is 36.9 Å². The maximum atomic E-state index is 3.83. The lowest BCUT2D eigenvalue weighted by atomic mass is 10.1. The van der Waals surface area contributed by atoms with Crippen LogP contribution >= 0.6 is 0 Å². The molecule has 0 saturated heterocycles. The normalized spacial score (nSPS) is 8.10. The Balaban J connectivity index is 0.000000810. The van der Waals surface area contributed by atoms with Crippen molar-refractivity contribution in [3.63, 3.8) is 0 Å². The van der Waals surface area contributed by atoms with Gasteiger partial charge >= 0.3 is 0 Å². The van der Waals surface area contributed by atoms with Gasteiger partial charge in [-0.2, -0.15) is 0 Å².